The first kappa shape index (κ1) is 21.9. The van der Waals surface area contributed by atoms with Crippen molar-refractivity contribution in [1.29, 1.82) is 0 Å². The maximum Gasteiger partial charge on any atom is 0.407 e. The van der Waals surface area contributed by atoms with Crippen molar-refractivity contribution in [3.63, 3.8) is 0 Å². The van der Waals surface area contributed by atoms with Crippen LogP contribution >= 0.6 is 0 Å². The van der Waals surface area contributed by atoms with Crippen LogP contribution in [0.15, 0.2) is 48.5 Å². The highest BCUT2D eigenvalue weighted by Crippen LogP contribution is 2.44. The van der Waals surface area contributed by atoms with Crippen molar-refractivity contribution in [2.24, 2.45) is 5.92 Å². The van der Waals surface area contributed by atoms with Gasteiger partial charge in [-0.15, -0.1) is 0 Å². The fourth-order valence-electron chi connectivity index (χ4n) is 4.88. The number of ether oxygens (including phenoxy) is 1. The summed E-state index contributed by atoms with van der Waals surface area (Å²) in [5.74, 6) is -1.92. The fourth-order valence-corrected chi connectivity index (χ4v) is 4.88. The molecule has 7 nitrogen and oxygen atoms in total. The van der Waals surface area contributed by atoms with Crippen LogP contribution in [0.1, 0.15) is 49.1 Å². The predicted octanol–water partition coefficient (Wildman–Crippen LogP) is 3.67. The summed E-state index contributed by atoms with van der Waals surface area (Å²) >= 11 is 0. The maximum absolute atomic E-state index is 12.7. The Morgan fingerprint density at radius 3 is 2.19 bits per heavy atom. The van der Waals surface area contributed by atoms with Gasteiger partial charge in [-0.3, -0.25) is 9.59 Å². The number of amides is 2. The first-order chi connectivity index (χ1) is 15.5. The lowest BCUT2D eigenvalue weighted by atomic mass is 9.94. The molecule has 1 fully saturated rings. The minimum Gasteiger partial charge on any atom is -0.480 e. The van der Waals surface area contributed by atoms with E-state index in [0.29, 0.717) is 12.8 Å². The van der Waals surface area contributed by atoms with Gasteiger partial charge in [0.05, 0.1) is 5.92 Å². The third-order valence-electron chi connectivity index (χ3n) is 6.41. The highest BCUT2D eigenvalue weighted by atomic mass is 16.5. The second kappa shape index (κ2) is 9.85. The summed E-state index contributed by atoms with van der Waals surface area (Å²) in [6.07, 6.45) is 3.47. The van der Waals surface area contributed by atoms with Crippen LogP contribution in [0.2, 0.25) is 0 Å². The van der Waals surface area contributed by atoms with Gasteiger partial charge in [-0.1, -0.05) is 67.8 Å². The normalized spacial score (nSPS) is 19.9. The Labute approximate surface area is 187 Å². The average Bonchev–Trinajstić information content (AvgIpc) is 2.93. The van der Waals surface area contributed by atoms with Gasteiger partial charge in [0.25, 0.3) is 0 Å². The molecule has 1 saturated carbocycles. The second-order valence-electron chi connectivity index (χ2n) is 8.43. The molecule has 2 aliphatic rings. The van der Waals surface area contributed by atoms with Crippen LogP contribution in [0.3, 0.4) is 0 Å². The van der Waals surface area contributed by atoms with E-state index in [1.165, 1.54) is 0 Å². The maximum atomic E-state index is 12.7. The summed E-state index contributed by atoms with van der Waals surface area (Å²) in [6, 6.07) is 15.9. The molecule has 3 N–H and O–H groups in total. The van der Waals surface area contributed by atoms with Gasteiger partial charge < -0.3 is 20.5 Å². The van der Waals surface area contributed by atoms with E-state index in [4.69, 9.17) is 9.84 Å². The van der Waals surface area contributed by atoms with Crippen LogP contribution in [0.4, 0.5) is 4.79 Å². The molecule has 2 amide bonds. The molecule has 0 heterocycles. The lowest BCUT2D eigenvalue weighted by molar-refractivity contribution is -0.138. The molecule has 2 aromatic carbocycles. The number of aliphatic carboxylic acids is 1. The van der Waals surface area contributed by atoms with Gasteiger partial charge in [0.2, 0.25) is 5.91 Å². The third kappa shape index (κ3) is 4.77. The molecular weight excluding hydrogens is 408 g/mol. The van der Waals surface area contributed by atoms with Crippen molar-refractivity contribution in [1.82, 2.24) is 10.6 Å². The summed E-state index contributed by atoms with van der Waals surface area (Å²) < 4.78 is 5.63. The number of alkyl carbamates (subject to hydrolysis) is 1. The molecule has 0 aliphatic heterocycles. The highest BCUT2D eigenvalue weighted by Gasteiger charge is 2.33. The molecule has 0 aromatic heterocycles. The highest BCUT2D eigenvalue weighted by molar-refractivity contribution is 5.84. The molecule has 0 unspecified atom stereocenters. The fraction of sp³-hybridized carbons (Fsp3) is 0.400. The molecule has 7 heteroatoms. The predicted molar refractivity (Wildman–Crippen MR) is 119 cm³/mol. The van der Waals surface area contributed by atoms with Crippen LogP contribution < -0.4 is 10.6 Å². The lowest BCUT2D eigenvalue weighted by Gasteiger charge is -2.25. The number of benzene rings is 2. The zero-order chi connectivity index (χ0) is 22.5. The summed E-state index contributed by atoms with van der Waals surface area (Å²) in [6.45, 7) is -0.213. The molecular formula is C25H28N2O5. The number of rotatable bonds is 6. The Morgan fingerprint density at radius 2 is 1.53 bits per heavy atom. The smallest absolute Gasteiger partial charge is 0.407 e. The lowest BCUT2D eigenvalue weighted by Crippen LogP contribution is -2.47. The van der Waals surface area contributed by atoms with Crippen molar-refractivity contribution in [2.45, 2.75) is 44.1 Å². The van der Waals surface area contributed by atoms with Crippen molar-refractivity contribution in [2.75, 3.05) is 13.2 Å². The van der Waals surface area contributed by atoms with E-state index in [-0.39, 0.29) is 24.5 Å². The standard InChI is InChI=1S/C25H28N2O5/c28-23(29)14-26-24(30)20-12-2-1-3-13-22(20)27-25(31)32-15-21-18-10-6-4-8-16(18)17-9-5-7-11-19(17)21/h4-11,20-22H,1-3,12-15H2,(H,26,30)(H,27,31)(H,28,29)/t20-,22+/m1/s1. The second-order valence-corrected chi connectivity index (χ2v) is 8.43. The van der Waals surface area contributed by atoms with E-state index in [2.05, 4.69) is 34.9 Å². The molecule has 4 rings (SSSR count). The van der Waals surface area contributed by atoms with Gasteiger partial charge in [0.1, 0.15) is 13.2 Å². The van der Waals surface area contributed by atoms with E-state index in [1.807, 2.05) is 24.3 Å². The van der Waals surface area contributed by atoms with Gasteiger partial charge in [-0.25, -0.2) is 4.79 Å². The summed E-state index contributed by atoms with van der Waals surface area (Å²) in [5.41, 5.74) is 4.61. The number of nitrogens with one attached hydrogen (secondary N) is 2. The van der Waals surface area contributed by atoms with Gasteiger partial charge in [0.15, 0.2) is 0 Å². The Balaban J connectivity index is 1.40. The van der Waals surface area contributed by atoms with Gasteiger partial charge in [-0.05, 0) is 35.1 Å². The molecule has 2 aromatic rings. The molecule has 0 radical (unpaired) electrons. The van der Waals surface area contributed by atoms with Crippen LogP contribution in [0.25, 0.3) is 11.1 Å². The molecule has 168 valence electrons. The van der Waals surface area contributed by atoms with E-state index >= 15 is 0 Å². The number of hydrogen-bond donors (Lipinski definition) is 3. The number of carboxylic acids is 1. The van der Waals surface area contributed by atoms with Crippen LogP contribution in [0.5, 0.6) is 0 Å². The summed E-state index contributed by atoms with van der Waals surface area (Å²) in [7, 11) is 0. The van der Waals surface area contributed by atoms with Gasteiger partial charge in [0, 0.05) is 12.0 Å². The molecule has 0 saturated heterocycles. The monoisotopic (exact) mass is 436 g/mol. The summed E-state index contributed by atoms with van der Waals surface area (Å²) in [5, 5.41) is 14.2. The third-order valence-corrected chi connectivity index (χ3v) is 6.41. The average molecular weight is 437 g/mol. The van der Waals surface area contributed by atoms with Crippen molar-refractivity contribution < 1.29 is 24.2 Å². The van der Waals surface area contributed by atoms with Crippen LogP contribution in [-0.4, -0.2) is 42.3 Å². The molecule has 2 atom stereocenters. The summed E-state index contributed by atoms with van der Waals surface area (Å²) in [4.78, 5) is 36.0. The van der Waals surface area contributed by atoms with Crippen molar-refractivity contribution in [3.8, 4) is 11.1 Å². The van der Waals surface area contributed by atoms with Crippen molar-refractivity contribution in [3.05, 3.63) is 59.7 Å². The number of fused-ring (bicyclic) bond motifs is 3. The van der Waals surface area contributed by atoms with E-state index in [9.17, 15) is 14.4 Å². The molecule has 32 heavy (non-hydrogen) atoms. The molecule has 0 bridgehead atoms. The molecule has 2 aliphatic carbocycles. The first-order valence-electron chi connectivity index (χ1n) is 11.2. The van der Waals surface area contributed by atoms with Crippen LogP contribution in [0, 0.1) is 5.92 Å². The number of carbonyl (C=O) groups is 3. The van der Waals surface area contributed by atoms with Crippen LogP contribution in [-0.2, 0) is 14.3 Å². The number of hydrogen-bond acceptors (Lipinski definition) is 4. The van der Waals surface area contributed by atoms with Gasteiger partial charge >= 0.3 is 12.1 Å². The Hall–Kier alpha value is -3.35. The first-order valence-corrected chi connectivity index (χ1v) is 11.2. The number of carboxylic acid groups (broad SMARTS) is 1. The number of carbonyl (C=O) groups excluding carboxylic acids is 2. The Morgan fingerprint density at radius 1 is 0.906 bits per heavy atom. The quantitative estimate of drug-likeness (QED) is 0.599. The van der Waals surface area contributed by atoms with E-state index in [0.717, 1.165) is 41.5 Å². The van der Waals surface area contributed by atoms with Crippen molar-refractivity contribution >= 4 is 18.0 Å². The Kier molecular flexibility index (Phi) is 6.73. The minimum absolute atomic E-state index is 0.0306. The zero-order valence-corrected chi connectivity index (χ0v) is 17.9. The van der Waals surface area contributed by atoms with Gasteiger partial charge in [-0.2, -0.15) is 0 Å². The SMILES string of the molecule is O=C(O)CNC(=O)[C@@H]1CCCCC[C@@H]1NC(=O)OCC1c2ccccc2-c2ccccc21. The molecule has 0 spiro atoms. The van der Waals surface area contributed by atoms with E-state index in [1.54, 1.807) is 0 Å². The zero-order valence-electron chi connectivity index (χ0n) is 17.9. The van der Waals surface area contributed by atoms with E-state index < -0.39 is 24.5 Å². The Bertz CT molecular complexity index is 960. The topological polar surface area (TPSA) is 105 Å². The minimum atomic E-state index is -1.09. The largest absolute Gasteiger partial charge is 0.480 e.